The van der Waals surface area contributed by atoms with Gasteiger partial charge in [-0.05, 0) is 43.7 Å². The van der Waals surface area contributed by atoms with Crippen LogP contribution in [0.1, 0.15) is 26.2 Å². The van der Waals surface area contributed by atoms with Crippen molar-refractivity contribution in [3.63, 3.8) is 0 Å². The third kappa shape index (κ3) is 5.97. The van der Waals surface area contributed by atoms with Crippen LogP contribution in [-0.2, 0) is 19.1 Å². The molecule has 1 aliphatic rings. The van der Waals surface area contributed by atoms with E-state index in [1.807, 2.05) is 30.3 Å². The van der Waals surface area contributed by atoms with Crippen molar-refractivity contribution in [2.24, 2.45) is 0 Å². The summed E-state index contributed by atoms with van der Waals surface area (Å²) in [6.45, 7) is 2.62. The summed E-state index contributed by atoms with van der Waals surface area (Å²) in [5.41, 5.74) is 1.11. The van der Waals surface area contributed by atoms with Gasteiger partial charge < -0.3 is 24.4 Å². The van der Waals surface area contributed by atoms with Crippen LogP contribution >= 0.6 is 0 Å². The molecule has 1 aliphatic heterocycles. The first-order chi connectivity index (χ1) is 15.0. The molecule has 1 N–H and O–H groups in total. The monoisotopic (exact) mass is 426 g/mol. The molecule has 0 radical (unpaired) electrons. The Morgan fingerprint density at radius 3 is 2.65 bits per heavy atom. The molecule has 1 unspecified atom stereocenters. The van der Waals surface area contributed by atoms with Crippen molar-refractivity contribution < 1.29 is 28.6 Å². The molecule has 0 saturated heterocycles. The first-order valence-electron chi connectivity index (χ1n) is 10.1. The van der Waals surface area contributed by atoms with E-state index in [0.29, 0.717) is 36.7 Å². The lowest BCUT2D eigenvalue weighted by Crippen LogP contribution is -2.45. The molecule has 8 heteroatoms. The van der Waals surface area contributed by atoms with E-state index in [0.717, 1.165) is 5.75 Å². The molecule has 31 heavy (non-hydrogen) atoms. The molecule has 2 amide bonds. The average molecular weight is 426 g/mol. The summed E-state index contributed by atoms with van der Waals surface area (Å²) < 4.78 is 16.0. The summed E-state index contributed by atoms with van der Waals surface area (Å²) in [5.74, 6) is 0.439. The van der Waals surface area contributed by atoms with Crippen molar-refractivity contribution in [3.05, 3.63) is 48.5 Å². The number of nitrogens with zero attached hydrogens (tertiary/aromatic N) is 1. The van der Waals surface area contributed by atoms with Crippen LogP contribution in [0, 0.1) is 0 Å². The highest BCUT2D eigenvalue weighted by atomic mass is 16.5. The van der Waals surface area contributed by atoms with Crippen LogP contribution in [0.15, 0.2) is 48.5 Å². The van der Waals surface area contributed by atoms with E-state index in [2.05, 4.69) is 10.1 Å². The summed E-state index contributed by atoms with van der Waals surface area (Å²) in [4.78, 5) is 37.7. The fourth-order valence-corrected chi connectivity index (χ4v) is 3.19. The summed E-state index contributed by atoms with van der Waals surface area (Å²) in [7, 11) is 1.28. The highest BCUT2D eigenvalue weighted by Crippen LogP contribution is 2.36. The van der Waals surface area contributed by atoms with Crippen LogP contribution in [0.3, 0.4) is 0 Å². The Kier molecular flexibility index (Phi) is 7.48. The summed E-state index contributed by atoms with van der Waals surface area (Å²) in [5, 5.41) is 2.74. The van der Waals surface area contributed by atoms with Crippen LogP contribution < -0.4 is 19.7 Å². The minimum Gasteiger partial charge on any atom is -0.494 e. The van der Waals surface area contributed by atoms with E-state index in [1.54, 1.807) is 30.0 Å². The number of ether oxygens (including phenoxy) is 3. The topological polar surface area (TPSA) is 94.2 Å². The van der Waals surface area contributed by atoms with Crippen molar-refractivity contribution in [3.8, 4) is 11.5 Å². The fourth-order valence-electron chi connectivity index (χ4n) is 3.19. The van der Waals surface area contributed by atoms with Crippen LogP contribution in [0.5, 0.6) is 11.5 Å². The zero-order chi connectivity index (χ0) is 22.2. The number of nitrogens with one attached hydrogen (secondary N) is 1. The number of carbonyl (C=O) groups is 3. The Balaban J connectivity index is 1.64. The molecule has 2 aromatic carbocycles. The second-order valence-corrected chi connectivity index (χ2v) is 7.07. The molecule has 1 heterocycles. The normalized spacial score (nSPS) is 15.0. The van der Waals surface area contributed by atoms with Crippen LogP contribution in [-0.4, -0.2) is 44.1 Å². The smallest absolute Gasteiger partial charge is 0.306 e. The molecule has 0 aromatic heterocycles. The van der Waals surface area contributed by atoms with Crippen molar-refractivity contribution in [2.45, 2.75) is 32.3 Å². The van der Waals surface area contributed by atoms with E-state index in [9.17, 15) is 14.4 Å². The molecule has 0 fully saturated rings. The SMILES string of the molecule is COC(=O)CCC(=O)Nc1ccc2c(c1)N(CCCOc1ccccc1)C(=O)C(C)O2. The highest BCUT2D eigenvalue weighted by Gasteiger charge is 2.31. The summed E-state index contributed by atoms with van der Waals surface area (Å²) in [6.07, 6.45) is 0.0437. The quantitative estimate of drug-likeness (QED) is 0.489. The predicted molar refractivity (Wildman–Crippen MR) is 115 cm³/mol. The Morgan fingerprint density at radius 1 is 1.13 bits per heavy atom. The van der Waals surface area contributed by atoms with Gasteiger partial charge in [0.2, 0.25) is 5.91 Å². The Bertz CT molecular complexity index is 931. The average Bonchev–Trinajstić information content (AvgIpc) is 2.78. The van der Waals surface area contributed by atoms with Crippen molar-refractivity contribution >= 4 is 29.2 Å². The van der Waals surface area contributed by atoms with Gasteiger partial charge >= 0.3 is 5.97 Å². The van der Waals surface area contributed by atoms with Gasteiger partial charge in [0.05, 0.1) is 25.8 Å². The van der Waals surface area contributed by atoms with E-state index in [-0.39, 0.29) is 24.7 Å². The second-order valence-electron chi connectivity index (χ2n) is 7.07. The number of para-hydroxylation sites is 1. The number of anilines is 2. The lowest BCUT2D eigenvalue weighted by atomic mass is 10.1. The van der Waals surface area contributed by atoms with Gasteiger partial charge in [-0.15, -0.1) is 0 Å². The maximum Gasteiger partial charge on any atom is 0.306 e. The van der Waals surface area contributed by atoms with Gasteiger partial charge in [-0.3, -0.25) is 14.4 Å². The van der Waals surface area contributed by atoms with Gasteiger partial charge in [-0.2, -0.15) is 0 Å². The molecule has 0 spiro atoms. The van der Waals surface area contributed by atoms with Gasteiger partial charge in [0.25, 0.3) is 5.91 Å². The molecule has 8 nitrogen and oxygen atoms in total. The number of carbonyl (C=O) groups excluding carboxylic acids is 3. The Morgan fingerprint density at radius 2 is 1.90 bits per heavy atom. The number of hydrogen-bond donors (Lipinski definition) is 1. The van der Waals surface area contributed by atoms with Crippen molar-refractivity contribution in [1.29, 1.82) is 0 Å². The van der Waals surface area contributed by atoms with Crippen LogP contribution in [0.2, 0.25) is 0 Å². The number of amides is 2. The first-order valence-corrected chi connectivity index (χ1v) is 10.1. The zero-order valence-electron chi connectivity index (χ0n) is 17.6. The minimum absolute atomic E-state index is 0.0000743. The standard InChI is InChI=1S/C23H26N2O6/c1-16-23(28)25(13-6-14-30-18-7-4-3-5-8-18)19-15-17(9-10-20(19)31-16)24-21(26)11-12-22(27)29-2/h3-5,7-10,15-16H,6,11-14H2,1-2H3,(H,24,26). The molecule has 164 valence electrons. The maximum absolute atomic E-state index is 12.7. The largest absolute Gasteiger partial charge is 0.494 e. The molecule has 0 saturated carbocycles. The lowest BCUT2D eigenvalue weighted by molar-refractivity contribution is -0.141. The van der Waals surface area contributed by atoms with E-state index < -0.39 is 12.1 Å². The Labute approximate surface area is 181 Å². The predicted octanol–water partition coefficient (Wildman–Crippen LogP) is 3.16. The summed E-state index contributed by atoms with van der Waals surface area (Å²) >= 11 is 0. The molecular formula is C23H26N2O6. The second kappa shape index (κ2) is 10.5. The molecular weight excluding hydrogens is 400 g/mol. The molecule has 3 rings (SSSR count). The van der Waals surface area contributed by atoms with Crippen molar-refractivity contribution in [1.82, 2.24) is 0 Å². The summed E-state index contributed by atoms with van der Waals surface area (Å²) in [6, 6.07) is 14.6. The molecule has 1 atom stereocenters. The van der Waals surface area contributed by atoms with Gasteiger partial charge in [0.15, 0.2) is 6.10 Å². The lowest BCUT2D eigenvalue weighted by Gasteiger charge is -2.33. The van der Waals surface area contributed by atoms with E-state index in [1.165, 1.54) is 7.11 Å². The number of methoxy groups -OCH3 is 1. The van der Waals surface area contributed by atoms with Gasteiger partial charge in [0.1, 0.15) is 11.5 Å². The molecule has 0 aliphatic carbocycles. The number of esters is 1. The minimum atomic E-state index is -0.594. The van der Waals surface area contributed by atoms with Crippen LogP contribution in [0.4, 0.5) is 11.4 Å². The number of rotatable bonds is 9. The number of hydrogen-bond acceptors (Lipinski definition) is 6. The van der Waals surface area contributed by atoms with E-state index in [4.69, 9.17) is 9.47 Å². The zero-order valence-corrected chi connectivity index (χ0v) is 17.6. The van der Waals surface area contributed by atoms with E-state index >= 15 is 0 Å². The third-order valence-corrected chi connectivity index (χ3v) is 4.77. The Hall–Kier alpha value is -3.55. The molecule has 2 aromatic rings. The third-order valence-electron chi connectivity index (χ3n) is 4.77. The maximum atomic E-state index is 12.7. The van der Waals surface area contributed by atoms with Crippen LogP contribution in [0.25, 0.3) is 0 Å². The van der Waals surface area contributed by atoms with Crippen molar-refractivity contribution in [2.75, 3.05) is 30.5 Å². The molecule has 0 bridgehead atoms. The number of fused-ring (bicyclic) bond motifs is 1. The van der Waals surface area contributed by atoms with Gasteiger partial charge in [-0.1, -0.05) is 18.2 Å². The first kappa shape index (κ1) is 22.1. The highest BCUT2D eigenvalue weighted by molar-refractivity contribution is 6.01. The van der Waals surface area contributed by atoms with Gasteiger partial charge in [-0.25, -0.2) is 0 Å². The fraction of sp³-hybridized carbons (Fsp3) is 0.348. The van der Waals surface area contributed by atoms with Gasteiger partial charge in [0, 0.05) is 18.7 Å². The number of benzene rings is 2.